The molecule has 0 atom stereocenters. The molecule has 160 valence electrons. The number of aryl methyl sites for hydroxylation is 1. The molecule has 1 aliphatic rings. The normalized spacial score (nSPS) is 14.7. The Morgan fingerprint density at radius 3 is 2.27 bits per heavy atom. The molecule has 0 spiro atoms. The van der Waals surface area contributed by atoms with Crippen molar-refractivity contribution in [3.63, 3.8) is 0 Å². The van der Waals surface area contributed by atoms with E-state index in [0.29, 0.717) is 45.8 Å². The number of hydrogen-bond acceptors (Lipinski definition) is 4. The van der Waals surface area contributed by atoms with Gasteiger partial charge in [-0.2, -0.15) is 0 Å². The van der Waals surface area contributed by atoms with Gasteiger partial charge in [0.15, 0.2) is 0 Å². The lowest BCUT2D eigenvalue weighted by atomic mass is 10.2. The first-order chi connectivity index (χ1) is 14.4. The maximum Gasteiger partial charge on any atom is 0.238 e. The summed E-state index contributed by atoms with van der Waals surface area (Å²) in [6, 6.07) is 14.0. The molecule has 2 aromatic carbocycles. The first kappa shape index (κ1) is 21.9. The van der Waals surface area contributed by atoms with E-state index in [9.17, 15) is 14.0 Å². The third-order valence-electron chi connectivity index (χ3n) is 5.20. The molecule has 6 nitrogen and oxygen atoms in total. The predicted molar refractivity (Wildman–Crippen MR) is 116 cm³/mol. The molecule has 0 radical (unpaired) electrons. The van der Waals surface area contributed by atoms with Crippen LogP contribution in [-0.4, -0.2) is 72.8 Å². The number of piperazine rings is 1. The van der Waals surface area contributed by atoms with Crippen LogP contribution >= 0.6 is 0 Å². The van der Waals surface area contributed by atoms with Crippen LogP contribution in [0.4, 0.5) is 10.1 Å². The van der Waals surface area contributed by atoms with Gasteiger partial charge in [-0.25, -0.2) is 4.39 Å². The summed E-state index contributed by atoms with van der Waals surface area (Å²) < 4.78 is 13.0. The number of nitrogens with zero attached hydrogens (tertiary/aromatic N) is 3. The molecule has 0 saturated carbocycles. The standard InChI is InChI=1S/C23H29FN4O2/c1-18-3-9-21(10-4-18)25-22(29)16-27-11-13-28(14-12-27)23(30)17-26(2)15-19-5-7-20(24)8-6-19/h3-10H,11-17H2,1-2H3,(H,25,29). The number of rotatable bonds is 7. The number of hydrogen-bond donors (Lipinski definition) is 1. The van der Waals surface area contributed by atoms with E-state index in [-0.39, 0.29) is 17.6 Å². The number of benzene rings is 2. The van der Waals surface area contributed by atoms with Gasteiger partial charge in [0.25, 0.3) is 0 Å². The van der Waals surface area contributed by atoms with Crippen LogP contribution in [0.3, 0.4) is 0 Å². The zero-order valence-corrected chi connectivity index (χ0v) is 17.6. The molecular formula is C23H29FN4O2. The van der Waals surface area contributed by atoms with Gasteiger partial charge in [-0.05, 0) is 43.8 Å². The van der Waals surface area contributed by atoms with Crippen molar-refractivity contribution >= 4 is 17.5 Å². The van der Waals surface area contributed by atoms with Gasteiger partial charge in [-0.3, -0.25) is 19.4 Å². The Morgan fingerprint density at radius 1 is 1.00 bits per heavy atom. The summed E-state index contributed by atoms with van der Waals surface area (Å²) in [7, 11) is 1.88. The van der Waals surface area contributed by atoms with E-state index in [0.717, 1.165) is 16.8 Å². The fourth-order valence-electron chi connectivity index (χ4n) is 3.48. The van der Waals surface area contributed by atoms with Crippen molar-refractivity contribution < 1.29 is 14.0 Å². The van der Waals surface area contributed by atoms with Gasteiger partial charge in [0.05, 0.1) is 13.1 Å². The second-order valence-corrected chi connectivity index (χ2v) is 7.87. The first-order valence-electron chi connectivity index (χ1n) is 10.2. The van der Waals surface area contributed by atoms with E-state index in [1.807, 2.05) is 48.0 Å². The molecule has 30 heavy (non-hydrogen) atoms. The SMILES string of the molecule is Cc1ccc(NC(=O)CN2CCN(C(=O)CN(C)Cc3ccc(F)cc3)CC2)cc1. The third kappa shape index (κ3) is 6.64. The number of halogens is 1. The number of amides is 2. The van der Waals surface area contributed by atoms with Crippen LogP contribution in [-0.2, 0) is 16.1 Å². The lowest BCUT2D eigenvalue weighted by molar-refractivity contribution is -0.134. The summed E-state index contributed by atoms with van der Waals surface area (Å²) in [5.74, 6) is -0.232. The Labute approximate surface area is 177 Å². The maximum atomic E-state index is 13.0. The fraction of sp³-hybridized carbons (Fsp3) is 0.391. The molecule has 0 aliphatic carbocycles. The molecule has 0 bridgehead atoms. The lowest BCUT2D eigenvalue weighted by Gasteiger charge is -2.35. The van der Waals surface area contributed by atoms with Crippen molar-refractivity contribution in [3.8, 4) is 0 Å². The molecule has 1 fully saturated rings. The Bertz CT molecular complexity index is 847. The van der Waals surface area contributed by atoms with Gasteiger partial charge < -0.3 is 10.2 Å². The predicted octanol–water partition coefficient (Wildman–Crippen LogP) is 2.35. The molecular weight excluding hydrogens is 383 g/mol. The van der Waals surface area contributed by atoms with Gasteiger partial charge in [-0.1, -0.05) is 29.8 Å². The smallest absolute Gasteiger partial charge is 0.238 e. The second kappa shape index (κ2) is 10.3. The molecule has 7 heteroatoms. The average Bonchev–Trinajstić information content (AvgIpc) is 2.72. The zero-order valence-electron chi connectivity index (χ0n) is 17.6. The molecule has 3 rings (SSSR count). The number of anilines is 1. The highest BCUT2D eigenvalue weighted by Crippen LogP contribution is 2.10. The molecule has 1 aliphatic heterocycles. The van der Waals surface area contributed by atoms with Crippen LogP contribution in [0.5, 0.6) is 0 Å². The zero-order chi connectivity index (χ0) is 21.5. The highest BCUT2D eigenvalue weighted by molar-refractivity contribution is 5.92. The van der Waals surface area contributed by atoms with Gasteiger partial charge >= 0.3 is 0 Å². The highest BCUT2D eigenvalue weighted by Gasteiger charge is 2.23. The van der Waals surface area contributed by atoms with Crippen molar-refractivity contribution in [2.75, 3.05) is 51.6 Å². The van der Waals surface area contributed by atoms with E-state index in [1.54, 1.807) is 12.1 Å². The summed E-state index contributed by atoms with van der Waals surface area (Å²) in [6.45, 7) is 5.80. The minimum atomic E-state index is -0.261. The summed E-state index contributed by atoms with van der Waals surface area (Å²) >= 11 is 0. The first-order valence-corrected chi connectivity index (χ1v) is 10.2. The minimum Gasteiger partial charge on any atom is -0.339 e. The second-order valence-electron chi connectivity index (χ2n) is 7.87. The van der Waals surface area contributed by atoms with Crippen LogP contribution in [0, 0.1) is 12.7 Å². The monoisotopic (exact) mass is 412 g/mol. The van der Waals surface area contributed by atoms with Crippen molar-refractivity contribution in [1.82, 2.24) is 14.7 Å². The van der Waals surface area contributed by atoms with Crippen molar-refractivity contribution in [2.24, 2.45) is 0 Å². The molecule has 2 amide bonds. The number of carbonyl (C=O) groups excluding carboxylic acids is 2. The molecule has 1 saturated heterocycles. The van der Waals surface area contributed by atoms with E-state index in [2.05, 4.69) is 10.2 Å². The van der Waals surface area contributed by atoms with Crippen molar-refractivity contribution in [1.29, 1.82) is 0 Å². The Morgan fingerprint density at radius 2 is 1.63 bits per heavy atom. The van der Waals surface area contributed by atoms with Gasteiger partial charge in [0, 0.05) is 38.4 Å². The van der Waals surface area contributed by atoms with Gasteiger partial charge in [0.2, 0.25) is 11.8 Å². The molecule has 0 unspecified atom stereocenters. The quantitative estimate of drug-likeness (QED) is 0.759. The Kier molecular flexibility index (Phi) is 7.54. The topological polar surface area (TPSA) is 55.9 Å². The number of carbonyl (C=O) groups is 2. The van der Waals surface area contributed by atoms with E-state index >= 15 is 0 Å². The van der Waals surface area contributed by atoms with Gasteiger partial charge in [-0.15, -0.1) is 0 Å². The summed E-state index contributed by atoms with van der Waals surface area (Å²) in [5.41, 5.74) is 2.91. The van der Waals surface area contributed by atoms with E-state index in [1.165, 1.54) is 12.1 Å². The molecule has 0 aromatic heterocycles. The van der Waals surface area contributed by atoms with E-state index < -0.39 is 0 Å². The highest BCUT2D eigenvalue weighted by atomic mass is 19.1. The maximum absolute atomic E-state index is 13.0. The fourth-order valence-corrected chi connectivity index (χ4v) is 3.48. The van der Waals surface area contributed by atoms with Crippen LogP contribution in [0.2, 0.25) is 0 Å². The summed E-state index contributed by atoms with van der Waals surface area (Å²) in [6.07, 6.45) is 0. The number of likely N-dealkylation sites (N-methyl/N-ethyl adjacent to an activating group) is 1. The van der Waals surface area contributed by atoms with Crippen LogP contribution in [0.1, 0.15) is 11.1 Å². The van der Waals surface area contributed by atoms with Crippen LogP contribution in [0.15, 0.2) is 48.5 Å². The van der Waals surface area contributed by atoms with Crippen LogP contribution in [0.25, 0.3) is 0 Å². The largest absolute Gasteiger partial charge is 0.339 e. The number of nitrogens with one attached hydrogen (secondary N) is 1. The van der Waals surface area contributed by atoms with Crippen LogP contribution < -0.4 is 5.32 Å². The molecule has 1 N–H and O–H groups in total. The van der Waals surface area contributed by atoms with E-state index in [4.69, 9.17) is 0 Å². The summed E-state index contributed by atoms with van der Waals surface area (Å²) in [5, 5.41) is 2.91. The minimum absolute atomic E-state index is 0.0438. The lowest BCUT2D eigenvalue weighted by Crippen LogP contribution is -2.52. The molecule has 2 aromatic rings. The average molecular weight is 413 g/mol. The van der Waals surface area contributed by atoms with Crippen molar-refractivity contribution in [3.05, 3.63) is 65.5 Å². The van der Waals surface area contributed by atoms with Gasteiger partial charge in [0.1, 0.15) is 5.82 Å². The molecule has 1 heterocycles. The third-order valence-corrected chi connectivity index (χ3v) is 5.20. The summed E-state index contributed by atoms with van der Waals surface area (Å²) in [4.78, 5) is 30.7. The Hall–Kier alpha value is -2.77. The Balaban J connectivity index is 1.38. The van der Waals surface area contributed by atoms with Crippen molar-refractivity contribution in [2.45, 2.75) is 13.5 Å².